The van der Waals surface area contributed by atoms with Crippen molar-refractivity contribution in [2.45, 2.75) is 119 Å². The SMILES string of the molecule is COC(=O)C(C)Sc1nnc(Sc2c(C)cc(Oc3cc(C)c(O)cc3NC(=O)COc3ccc(C)cc3C)c(O)c2O)s1.Cc1c(C(N)=O)c(O)n(-c2ccccc2C(=O)O)c(=O)c1N=Nc1ccc(OCCOc2cc(C(C)C)c(O)c3ccccc23)cc1.Cc1cc(OCCSCC(=O)O)c2c(C)cccc2c1O.Cc1ccc(OCCCNC(=O)c2cc(SCC(=O)O)c3ccccc3c2O)c(C)c1. The number of methoxy groups -OCH3 is 1. The number of carbonyl (C=O) groups is 7. The van der Waals surface area contributed by atoms with Gasteiger partial charge in [-0.3, -0.25) is 33.6 Å². The number of primary amides is 1. The first-order chi connectivity index (χ1) is 68.2. The molecule has 14 aromatic rings. The number of aryl methyl sites for hydroxylation is 8. The Balaban J connectivity index is 0.000000189. The van der Waals surface area contributed by atoms with Crippen molar-refractivity contribution in [3.63, 3.8) is 0 Å². The number of carbonyl (C=O) groups excluding carboxylic acids is 4. The Labute approximate surface area is 843 Å². The smallest absolute Gasteiger partial charge is 0.337 e. The maximum Gasteiger partial charge on any atom is 0.337 e. The Morgan fingerprint density at radius 2 is 1.13 bits per heavy atom. The van der Waals surface area contributed by atoms with E-state index >= 15 is 0 Å². The van der Waals surface area contributed by atoms with Crippen LogP contribution < -0.4 is 50.3 Å². The molecule has 0 aliphatic carbocycles. The number of phenolic OH excluding ortho intramolecular Hbond substituents is 6. The van der Waals surface area contributed by atoms with E-state index in [0.29, 0.717) is 99.8 Å². The van der Waals surface area contributed by atoms with E-state index in [1.807, 2.05) is 140 Å². The number of azo groups is 1. The van der Waals surface area contributed by atoms with Gasteiger partial charge in [0.25, 0.3) is 23.3 Å². The lowest BCUT2D eigenvalue weighted by atomic mass is 9.97. The number of para-hydroxylation sites is 1. The second kappa shape index (κ2) is 50.1. The number of aromatic hydroxyl groups is 7. The molecule has 0 bridgehead atoms. The minimum atomic E-state index is -1.35. The normalized spacial score (nSPS) is 11.2. The van der Waals surface area contributed by atoms with Gasteiger partial charge in [-0.1, -0.05) is 163 Å². The molecule has 746 valence electrons. The summed E-state index contributed by atoms with van der Waals surface area (Å²) < 4.78 is 41.5. The number of amides is 3. The molecule has 33 nitrogen and oxygen atoms in total. The zero-order valence-corrected chi connectivity index (χ0v) is 84.2. The number of phenols is 6. The van der Waals surface area contributed by atoms with Crippen LogP contribution in [-0.2, 0) is 23.9 Å². The number of hydrogen-bond acceptors (Lipinski definition) is 31. The second-order valence-electron chi connectivity index (χ2n) is 32.7. The van der Waals surface area contributed by atoms with Gasteiger partial charge in [-0.15, -0.1) is 38.8 Å². The zero-order valence-electron chi connectivity index (χ0n) is 80.1. The van der Waals surface area contributed by atoms with E-state index in [4.69, 9.17) is 49.1 Å². The number of aromatic nitrogens is 3. The first-order valence-corrected chi connectivity index (χ1v) is 49.0. The highest BCUT2D eigenvalue weighted by Crippen LogP contribution is 2.51. The number of carboxylic acid groups (broad SMARTS) is 3. The van der Waals surface area contributed by atoms with Crippen molar-refractivity contribution in [3.8, 4) is 86.3 Å². The zero-order chi connectivity index (χ0) is 104. The highest BCUT2D eigenvalue weighted by atomic mass is 32.2. The highest BCUT2D eigenvalue weighted by Gasteiger charge is 2.29. The van der Waals surface area contributed by atoms with Crippen molar-refractivity contribution in [2.24, 2.45) is 16.0 Å². The monoisotopic (exact) mass is 2040 g/mol. The molecule has 0 saturated carbocycles. The van der Waals surface area contributed by atoms with Crippen LogP contribution in [0.1, 0.15) is 120 Å². The summed E-state index contributed by atoms with van der Waals surface area (Å²) in [6, 6.07) is 53.5. The molecule has 2 heterocycles. The number of hydrogen-bond donors (Lipinski definition) is 13. The van der Waals surface area contributed by atoms with Gasteiger partial charge < -0.3 is 101 Å². The molecular formula is C105H106N8O25S5. The summed E-state index contributed by atoms with van der Waals surface area (Å²) in [4.78, 5) is 97.1. The first kappa shape index (κ1) is 108. The third-order valence-electron chi connectivity index (χ3n) is 21.8. The molecule has 1 unspecified atom stereocenters. The number of ether oxygens (including phenoxy) is 7. The fourth-order valence-electron chi connectivity index (χ4n) is 14.6. The number of rotatable bonds is 37. The molecular weight excluding hydrogens is 1930 g/mol. The number of aromatic carboxylic acids is 1. The Morgan fingerprint density at radius 1 is 0.524 bits per heavy atom. The molecule has 0 aliphatic rings. The number of nitrogens with zero attached hydrogens (tertiary/aromatic N) is 5. The number of esters is 1. The first-order valence-electron chi connectivity index (χ1n) is 44.4. The maximum atomic E-state index is 13.5. The molecule has 14 N–H and O–H groups in total. The number of aliphatic carboxylic acids is 2. The van der Waals surface area contributed by atoms with Crippen molar-refractivity contribution in [1.82, 2.24) is 20.1 Å². The largest absolute Gasteiger partial charge is 0.508 e. The van der Waals surface area contributed by atoms with Gasteiger partial charge in [-0.25, -0.2) is 9.36 Å². The van der Waals surface area contributed by atoms with Crippen LogP contribution in [0.2, 0.25) is 0 Å². The van der Waals surface area contributed by atoms with Crippen molar-refractivity contribution in [2.75, 3.05) is 69.3 Å². The van der Waals surface area contributed by atoms with Crippen LogP contribution in [-0.4, -0.2) is 177 Å². The Hall–Kier alpha value is -15.4. The Morgan fingerprint density at radius 3 is 1.78 bits per heavy atom. The van der Waals surface area contributed by atoms with E-state index in [1.54, 1.807) is 75.4 Å². The predicted molar refractivity (Wildman–Crippen MR) is 552 cm³/mol. The van der Waals surface area contributed by atoms with Crippen LogP contribution in [0.4, 0.5) is 17.1 Å². The number of thioether (sulfide) groups is 3. The highest BCUT2D eigenvalue weighted by molar-refractivity contribution is 8.04. The third-order valence-corrected chi connectivity index (χ3v) is 27.1. The number of nitrogens with two attached hydrogens (primary N) is 1. The molecule has 1 atom stereocenters. The topological polar surface area (TPSA) is 509 Å². The number of carboxylic acids is 3. The van der Waals surface area contributed by atoms with Gasteiger partial charge in [-0.05, 0) is 199 Å². The Kier molecular flexibility index (Phi) is 37.9. The van der Waals surface area contributed by atoms with E-state index in [-0.39, 0.29) is 111 Å². The fourth-order valence-corrected chi connectivity index (χ4v) is 19.2. The summed E-state index contributed by atoms with van der Waals surface area (Å²) >= 11 is 5.97. The summed E-state index contributed by atoms with van der Waals surface area (Å²) in [7, 11) is 1.31. The van der Waals surface area contributed by atoms with Crippen molar-refractivity contribution in [1.29, 1.82) is 0 Å². The molecule has 2 aromatic heterocycles. The Bertz CT molecular complexity index is 7200. The van der Waals surface area contributed by atoms with Crippen LogP contribution in [0.15, 0.2) is 222 Å². The third kappa shape index (κ3) is 28.1. The van der Waals surface area contributed by atoms with Crippen LogP contribution in [0.5, 0.6) is 80.6 Å². The number of anilines is 1. The molecule has 0 saturated heterocycles. The molecule has 0 spiro atoms. The van der Waals surface area contributed by atoms with E-state index in [1.165, 1.54) is 96.9 Å². The average molecular weight is 2040 g/mol. The van der Waals surface area contributed by atoms with Crippen molar-refractivity contribution in [3.05, 3.63) is 271 Å². The average Bonchev–Trinajstić information content (AvgIpc) is 1.14. The minimum absolute atomic E-state index is 0.0188. The van der Waals surface area contributed by atoms with Crippen molar-refractivity contribution >= 4 is 149 Å². The summed E-state index contributed by atoms with van der Waals surface area (Å²) in [6.45, 7) is 23.6. The molecule has 3 amide bonds. The molecule has 0 aliphatic heterocycles. The van der Waals surface area contributed by atoms with Crippen molar-refractivity contribution < 1.29 is 118 Å². The van der Waals surface area contributed by atoms with Gasteiger partial charge in [0.2, 0.25) is 11.6 Å². The van der Waals surface area contributed by atoms with Gasteiger partial charge in [0.1, 0.15) is 75.8 Å². The van der Waals surface area contributed by atoms with E-state index in [2.05, 4.69) is 37.1 Å². The van der Waals surface area contributed by atoms with Crippen LogP contribution in [0.25, 0.3) is 38.0 Å². The summed E-state index contributed by atoms with van der Waals surface area (Å²) in [5.41, 5.74) is 11.8. The van der Waals surface area contributed by atoms with Gasteiger partial charge in [0, 0.05) is 61.3 Å². The molecule has 38 heteroatoms. The molecule has 14 rings (SSSR count). The maximum absolute atomic E-state index is 13.5. The standard InChI is InChI=1S/C35H32N4O8.C30H31N3O8S3.C24H25NO5S.C16H18O4S/c1-19(2)26-18-28(23-8-4-5-9-24(23)31(26)40)47-17-16-46-22-14-12-21(13-15-22)37-38-30-20(3)29(32(36)41)33(42)39(34(30)43)27-11-7-6-10-25(27)35(44)45;1-14-7-8-21(16(3)9-14)40-13-24(35)31-19-12-20(34)15(2)10-22(19)41-23-11-17(4)27(26(37)25(23)36)43-30-33-32-29(44-30)42-18(5)28(38)39-6;1-15-8-9-20(16(2)12-15)30-11-5-10-25-24(29)19-13-21(31-14-22(26)27)17-6-3-4-7-18(17)23(19)28;1-10-4-3-5-12-15(10)13(8-11(2)16(12)19)20-6-7-21-9-14(17)18/h4-15,18-19,40,42H,16-17H2,1-3H3,(H2,36,41)(H,44,45);7-12,18,34,36-37H,13H2,1-6H3,(H,31,35);3-4,6-9,12-13,28H,5,10-11,14H2,1-2H3,(H,25,29)(H,26,27);3-5,8,19H,6-7,9H2,1-2H3,(H,17,18). The lowest BCUT2D eigenvalue weighted by Gasteiger charge is -2.17. The van der Waals surface area contributed by atoms with Gasteiger partial charge in [0.05, 0.1) is 64.9 Å². The molecule has 0 radical (unpaired) electrons. The predicted octanol–water partition coefficient (Wildman–Crippen LogP) is 20.9. The quantitative estimate of drug-likeness (QED) is 0.00565. The molecule has 0 fully saturated rings. The lowest BCUT2D eigenvalue weighted by Crippen LogP contribution is -2.25. The second-order valence-corrected chi connectivity index (χ2v) is 38.7. The fraction of sp³-hybridized carbons (Fsp3) is 0.238. The van der Waals surface area contributed by atoms with Gasteiger partial charge >= 0.3 is 23.9 Å². The number of nitrogens with one attached hydrogen (secondary N) is 2. The molecule has 143 heavy (non-hydrogen) atoms. The van der Waals surface area contributed by atoms with Crippen LogP contribution >= 0.6 is 58.4 Å². The van der Waals surface area contributed by atoms with Gasteiger partial charge in [-0.2, -0.15) is 5.11 Å². The van der Waals surface area contributed by atoms with E-state index in [9.17, 15) is 79.2 Å². The van der Waals surface area contributed by atoms with Crippen LogP contribution in [0, 0.1) is 62.3 Å². The lowest BCUT2D eigenvalue weighted by molar-refractivity contribution is -0.139. The minimum Gasteiger partial charge on any atom is -0.508 e. The van der Waals surface area contributed by atoms with Gasteiger partial charge in [0.15, 0.2) is 38.2 Å². The van der Waals surface area contributed by atoms with E-state index in [0.717, 1.165) is 89.9 Å². The number of fused-ring (bicyclic) bond motifs is 3. The summed E-state index contributed by atoms with van der Waals surface area (Å²) in [5.74, 6) is -2.86. The summed E-state index contributed by atoms with van der Waals surface area (Å²) in [6.07, 6.45) is 0.605. The molecule has 12 aromatic carbocycles. The van der Waals surface area contributed by atoms with Crippen LogP contribution in [0.3, 0.4) is 0 Å². The van der Waals surface area contributed by atoms with E-state index < -0.39 is 69.4 Å². The summed E-state index contributed by atoms with van der Waals surface area (Å²) in [5, 5.41) is 127. The number of pyridine rings is 1. The number of benzene rings is 12.